The summed E-state index contributed by atoms with van der Waals surface area (Å²) in [6.45, 7) is 0. The molecule has 2 atom stereocenters. The average molecular weight is 295 g/mol. The largest absolute Gasteiger partial charge is 0.324 e. The second kappa shape index (κ2) is 3.95. The Kier molecular flexibility index (Phi) is 2.58. The van der Waals surface area contributed by atoms with Crippen LogP contribution in [0.5, 0.6) is 0 Å². The summed E-state index contributed by atoms with van der Waals surface area (Å²) in [6, 6.07) is 6.43. The van der Waals surface area contributed by atoms with Crippen LogP contribution in [0.1, 0.15) is 17.3 Å². The van der Waals surface area contributed by atoms with Gasteiger partial charge in [-0.15, -0.1) is 11.3 Å². The van der Waals surface area contributed by atoms with Crippen molar-refractivity contribution in [1.29, 1.82) is 0 Å². The van der Waals surface area contributed by atoms with Gasteiger partial charge in [0.15, 0.2) is 0 Å². The van der Waals surface area contributed by atoms with E-state index in [1.165, 1.54) is 9.71 Å². The number of benzene rings is 1. The number of aromatic nitrogens is 1. The van der Waals surface area contributed by atoms with E-state index >= 15 is 0 Å². The molecule has 16 heavy (non-hydrogen) atoms. The standard InChI is InChI=1S/C12H11BrN2S/c13-8-2-4-11-10(6-8)15-12(16-11)7-1-3-9(14)5-7/h1-4,6-7,9H,5,14H2. The minimum atomic E-state index is 0.198. The van der Waals surface area contributed by atoms with Gasteiger partial charge in [-0.3, -0.25) is 0 Å². The van der Waals surface area contributed by atoms with Crippen molar-refractivity contribution in [3.05, 3.63) is 39.8 Å². The Morgan fingerprint density at radius 1 is 1.38 bits per heavy atom. The van der Waals surface area contributed by atoms with E-state index in [0.717, 1.165) is 16.4 Å². The van der Waals surface area contributed by atoms with E-state index in [4.69, 9.17) is 5.73 Å². The van der Waals surface area contributed by atoms with Crippen LogP contribution in [0.2, 0.25) is 0 Å². The van der Waals surface area contributed by atoms with Crippen molar-refractivity contribution in [2.75, 3.05) is 0 Å². The Labute approximate surface area is 106 Å². The van der Waals surface area contributed by atoms with Gasteiger partial charge in [0.25, 0.3) is 0 Å². The van der Waals surface area contributed by atoms with Gasteiger partial charge in [-0.05, 0) is 24.6 Å². The first-order valence-electron chi connectivity index (χ1n) is 5.22. The average Bonchev–Trinajstić information content (AvgIpc) is 2.83. The van der Waals surface area contributed by atoms with E-state index in [0.29, 0.717) is 5.92 Å². The smallest absolute Gasteiger partial charge is 0.101 e. The molecule has 0 radical (unpaired) electrons. The van der Waals surface area contributed by atoms with Gasteiger partial charge in [-0.1, -0.05) is 28.1 Å². The number of fused-ring (bicyclic) bond motifs is 1. The van der Waals surface area contributed by atoms with Crippen LogP contribution in [-0.2, 0) is 0 Å². The molecule has 1 aromatic heterocycles. The van der Waals surface area contributed by atoms with Crippen molar-refractivity contribution in [3.8, 4) is 0 Å². The first-order chi connectivity index (χ1) is 7.72. The number of nitrogens with two attached hydrogens (primary N) is 1. The second-order valence-electron chi connectivity index (χ2n) is 4.06. The predicted octanol–water partition coefficient (Wildman–Crippen LogP) is 3.43. The van der Waals surface area contributed by atoms with E-state index in [2.05, 4.69) is 51.3 Å². The van der Waals surface area contributed by atoms with Gasteiger partial charge in [-0.2, -0.15) is 0 Å². The van der Waals surface area contributed by atoms with Crippen LogP contribution in [0, 0.1) is 0 Å². The van der Waals surface area contributed by atoms with Gasteiger partial charge >= 0.3 is 0 Å². The molecule has 1 heterocycles. The van der Waals surface area contributed by atoms with Crippen LogP contribution in [0.15, 0.2) is 34.8 Å². The fraction of sp³-hybridized carbons (Fsp3) is 0.250. The molecule has 0 saturated heterocycles. The van der Waals surface area contributed by atoms with Gasteiger partial charge in [0, 0.05) is 16.4 Å². The van der Waals surface area contributed by atoms with Gasteiger partial charge in [-0.25, -0.2) is 4.98 Å². The summed E-state index contributed by atoms with van der Waals surface area (Å²) in [7, 11) is 0. The van der Waals surface area contributed by atoms with Crippen molar-refractivity contribution in [2.24, 2.45) is 5.73 Å². The first-order valence-corrected chi connectivity index (χ1v) is 6.83. The molecule has 1 aliphatic carbocycles. The van der Waals surface area contributed by atoms with Crippen LogP contribution >= 0.6 is 27.3 Å². The van der Waals surface area contributed by atoms with Gasteiger partial charge in [0.2, 0.25) is 0 Å². The lowest BCUT2D eigenvalue weighted by molar-refractivity contribution is 0.708. The number of halogens is 1. The molecule has 0 bridgehead atoms. The second-order valence-corrected chi connectivity index (χ2v) is 6.03. The minimum absolute atomic E-state index is 0.198. The van der Waals surface area contributed by atoms with Gasteiger partial charge in [0.05, 0.1) is 10.2 Å². The van der Waals surface area contributed by atoms with E-state index in [1.807, 2.05) is 0 Å². The van der Waals surface area contributed by atoms with Gasteiger partial charge in [0.1, 0.15) is 5.01 Å². The normalized spacial score (nSPS) is 24.4. The van der Waals surface area contributed by atoms with Crippen LogP contribution in [0.3, 0.4) is 0 Å². The molecule has 0 aliphatic heterocycles. The van der Waals surface area contributed by atoms with E-state index < -0.39 is 0 Å². The third-order valence-corrected chi connectivity index (χ3v) is 4.46. The molecule has 1 aromatic carbocycles. The highest BCUT2D eigenvalue weighted by atomic mass is 79.9. The summed E-state index contributed by atoms with van der Waals surface area (Å²) in [5.41, 5.74) is 6.94. The topological polar surface area (TPSA) is 38.9 Å². The zero-order chi connectivity index (χ0) is 11.1. The molecule has 82 valence electrons. The molecular weight excluding hydrogens is 284 g/mol. The number of allylic oxidation sites excluding steroid dienone is 1. The van der Waals surface area contributed by atoms with Crippen molar-refractivity contribution >= 4 is 37.5 Å². The molecule has 2 N–H and O–H groups in total. The van der Waals surface area contributed by atoms with E-state index in [-0.39, 0.29) is 6.04 Å². The molecule has 4 heteroatoms. The molecule has 2 unspecified atom stereocenters. The lowest BCUT2D eigenvalue weighted by atomic mass is 10.1. The van der Waals surface area contributed by atoms with Crippen molar-refractivity contribution in [3.63, 3.8) is 0 Å². The SMILES string of the molecule is NC1C=CC(c2nc3cc(Br)ccc3s2)C1. The molecular formula is C12H11BrN2S. The highest BCUT2D eigenvalue weighted by Crippen LogP contribution is 2.34. The molecule has 2 nitrogen and oxygen atoms in total. The van der Waals surface area contributed by atoms with Crippen molar-refractivity contribution in [2.45, 2.75) is 18.4 Å². The predicted molar refractivity (Wildman–Crippen MR) is 71.8 cm³/mol. The number of rotatable bonds is 1. The lowest BCUT2D eigenvalue weighted by Gasteiger charge is -2.03. The third kappa shape index (κ3) is 1.81. The quantitative estimate of drug-likeness (QED) is 0.819. The fourth-order valence-corrected chi connectivity index (χ4v) is 3.38. The van der Waals surface area contributed by atoms with Crippen LogP contribution in [0.25, 0.3) is 10.2 Å². The summed E-state index contributed by atoms with van der Waals surface area (Å²) >= 11 is 5.23. The molecule has 1 aliphatic rings. The Morgan fingerprint density at radius 2 is 2.25 bits per heavy atom. The Hall–Kier alpha value is -0.710. The summed E-state index contributed by atoms with van der Waals surface area (Å²) in [5, 5.41) is 1.18. The number of thiazole rings is 1. The number of hydrogen-bond donors (Lipinski definition) is 1. The zero-order valence-corrected chi connectivity index (χ0v) is 11.0. The van der Waals surface area contributed by atoms with E-state index in [9.17, 15) is 0 Å². The molecule has 0 saturated carbocycles. The Balaban J connectivity index is 2.02. The highest BCUT2D eigenvalue weighted by Gasteiger charge is 2.20. The molecule has 3 rings (SSSR count). The summed E-state index contributed by atoms with van der Waals surface area (Å²) in [5.74, 6) is 0.408. The molecule has 0 amide bonds. The number of hydrogen-bond acceptors (Lipinski definition) is 3. The van der Waals surface area contributed by atoms with Crippen LogP contribution in [0.4, 0.5) is 0 Å². The summed E-state index contributed by atoms with van der Waals surface area (Å²) in [4.78, 5) is 4.67. The van der Waals surface area contributed by atoms with Crippen LogP contribution < -0.4 is 5.73 Å². The van der Waals surface area contributed by atoms with Crippen molar-refractivity contribution < 1.29 is 0 Å². The monoisotopic (exact) mass is 294 g/mol. The summed E-state index contributed by atoms with van der Waals surface area (Å²) in [6.07, 6.45) is 5.24. The van der Waals surface area contributed by atoms with Crippen LogP contribution in [-0.4, -0.2) is 11.0 Å². The maximum Gasteiger partial charge on any atom is 0.101 e. The fourth-order valence-electron chi connectivity index (χ4n) is 1.99. The number of nitrogens with zero attached hydrogens (tertiary/aromatic N) is 1. The molecule has 2 aromatic rings. The van der Waals surface area contributed by atoms with E-state index in [1.54, 1.807) is 11.3 Å². The first kappa shape index (κ1) is 10.4. The summed E-state index contributed by atoms with van der Waals surface area (Å²) < 4.78 is 2.32. The third-order valence-electron chi connectivity index (χ3n) is 2.80. The van der Waals surface area contributed by atoms with Crippen molar-refractivity contribution in [1.82, 2.24) is 4.98 Å². The van der Waals surface area contributed by atoms with Gasteiger partial charge < -0.3 is 5.73 Å². The zero-order valence-electron chi connectivity index (χ0n) is 8.56. The maximum absolute atomic E-state index is 5.86. The highest BCUT2D eigenvalue weighted by molar-refractivity contribution is 9.10. The Morgan fingerprint density at radius 3 is 3.00 bits per heavy atom. The molecule has 0 spiro atoms. The molecule has 0 fully saturated rings. The maximum atomic E-state index is 5.86. The lowest BCUT2D eigenvalue weighted by Crippen LogP contribution is -2.14. The Bertz CT molecular complexity index is 561. The minimum Gasteiger partial charge on any atom is -0.324 e.